The number of rotatable bonds is 5. The molecule has 0 bridgehead atoms. The van der Waals surface area contributed by atoms with E-state index < -0.39 is 17.5 Å². The van der Waals surface area contributed by atoms with Crippen LogP contribution >= 0.6 is 11.6 Å². The molecule has 1 aromatic heterocycles. The van der Waals surface area contributed by atoms with E-state index in [1.165, 1.54) is 18.3 Å². The zero-order chi connectivity index (χ0) is 19.6. The number of aromatic nitrogens is 2. The summed E-state index contributed by atoms with van der Waals surface area (Å²) in [5.74, 6) is -2.13. The zero-order valence-electron chi connectivity index (χ0n) is 13.7. The van der Waals surface area contributed by atoms with Gasteiger partial charge in [-0.15, -0.1) is 0 Å². The first-order chi connectivity index (χ1) is 12.9. The van der Waals surface area contributed by atoms with Crippen LogP contribution in [0.15, 0.2) is 42.6 Å². The van der Waals surface area contributed by atoms with Crippen LogP contribution < -0.4 is 16.2 Å². The van der Waals surface area contributed by atoms with Crippen LogP contribution in [0.25, 0.3) is 11.3 Å². The summed E-state index contributed by atoms with van der Waals surface area (Å²) < 4.78 is 32.7. The van der Waals surface area contributed by atoms with Crippen molar-refractivity contribution in [3.8, 4) is 17.1 Å². The maximum Gasteiger partial charge on any atom is 0.258 e. The Morgan fingerprint density at radius 2 is 1.78 bits per heavy atom. The topological polar surface area (TPSA) is 104 Å². The molecule has 4 N–H and O–H groups in total. The van der Waals surface area contributed by atoms with Crippen molar-refractivity contribution < 1.29 is 18.3 Å². The third kappa shape index (κ3) is 3.95. The number of hydrogen-bond donors (Lipinski definition) is 2. The SMILES string of the molecule is NC(=O)c1ccc(-c2cnc(N)c(OCc3c(F)ccc(F)c3Cl)n2)cc1. The molecule has 0 radical (unpaired) electrons. The lowest BCUT2D eigenvalue weighted by Gasteiger charge is -2.11. The van der Waals surface area contributed by atoms with Crippen LogP contribution in [0, 0.1) is 11.6 Å². The van der Waals surface area contributed by atoms with E-state index in [0.29, 0.717) is 16.8 Å². The summed E-state index contributed by atoms with van der Waals surface area (Å²) in [7, 11) is 0. The molecule has 0 aliphatic carbocycles. The lowest BCUT2D eigenvalue weighted by molar-refractivity contribution is 0.100. The molecular formula is C18H13ClF2N4O2. The van der Waals surface area contributed by atoms with Gasteiger partial charge in [-0.05, 0) is 24.3 Å². The predicted molar refractivity (Wildman–Crippen MR) is 96.1 cm³/mol. The van der Waals surface area contributed by atoms with Gasteiger partial charge in [0.2, 0.25) is 5.91 Å². The summed E-state index contributed by atoms with van der Waals surface area (Å²) in [5.41, 5.74) is 12.2. The number of anilines is 1. The fourth-order valence-corrected chi connectivity index (χ4v) is 2.48. The third-order valence-electron chi connectivity index (χ3n) is 3.72. The average Bonchev–Trinajstić information content (AvgIpc) is 2.66. The highest BCUT2D eigenvalue weighted by Gasteiger charge is 2.15. The smallest absolute Gasteiger partial charge is 0.258 e. The zero-order valence-corrected chi connectivity index (χ0v) is 14.5. The lowest BCUT2D eigenvalue weighted by atomic mass is 10.1. The normalized spacial score (nSPS) is 10.6. The molecule has 1 heterocycles. The van der Waals surface area contributed by atoms with Gasteiger partial charge < -0.3 is 16.2 Å². The van der Waals surface area contributed by atoms with E-state index in [0.717, 1.165) is 12.1 Å². The first kappa shape index (κ1) is 18.5. The Bertz CT molecular complexity index is 1010. The molecule has 2 aromatic carbocycles. The molecule has 0 unspecified atom stereocenters. The Morgan fingerprint density at radius 3 is 2.44 bits per heavy atom. The fourth-order valence-electron chi connectivity index (χ4n) is 2.27. The quantitative estimate of drug-likeness (QED) is 0.650. The summed E-state index contributed by atoms with van der Waals surface area (Å²) in [5, 5.41) is -0.375. The van der Waals surface area contributed by atoms with Crippen molar-refractivity contribution in [3.63, 3.8) is 0 Å². The van der Waals surface area contributed by atoms with Crippen molar-refractivity contribution in [2.24, 2.45) is 5.73 Å². The Hall–Kier alpha value is -3.26. The molecule has 27 heavy (non-hydrogen) atoms. The fraction of sp³-hybridized carbons (Fsp3) is 0.0556. The molecule has 0 fully saturated rings. The molecule has 0 saturated carbocycles. The van der Waals surface area contributed by atoms with E-state index in [1.54, 1.807) is 12.1 Å². The van der Waals surface area contributed by atoms with Crippen LogP contribution in [-0.4, -0.2) is 15.9 Å². The average molecular weight is 391 g/mol. The molecule has 0 aliphatic heterocycles. The number of primary amides is 1. The number of nitrogen functional groups attached to an aromatic ring is 1. The van der Waals surface area contributed by atoms with E-state index in [4.69, 9.17) is 27.8 Å². The van der Waals surface area contributed by atoms with Gasteiger partial charge in [0.05, 0.1) is 16.9 Å². The second kappa shape index (κ2) is 7.55. The maximum absolute atomic E-state index is 13.8. The summed E-state index contributed by atoms with van der Waals surface area (Å²) in [6, 6.07) is 8.22. The van der Waals surface area contributed by atoms with Crippen molar-refractivity contribution >= 4 is 23.3 Å². The van der Waals surface area contributed by atoms with Gasteiger partial charge in [-0.3, -0.25) is 4.79 Å². The van der Waals surface area contributed by atoms with E-state index in [1.807, 2.05) is 0 Å². The monoisotopic (exact) mass is 390 g/mol. The number of amides is 1. The highest BCUT2D eigenvalue weighted by molar-refractivity contribution is 6.31. The molecule has 3 aromatic rings. The third-order valence-corrected chi connectivity index (χ3v) is 4.13. The Morgan fingerprint density at radius 1 is 1.11 bits per heavy atom. The van der Waals surface area contributed by atoms with Crippen LogP contribution in [0.3, 0.4) is 0 Å². The van der Waals surface area contributed by atoms with Crippen LogP contribution in [-0.2, 0) is 6.61 Å². The van der Waals surface area contributed by atoms with Gasteiger partial charge in [0.15, 0.2) is 5.82 Å². The van der Waals surface area contributed by atoms with Gasteiger partial charge in [0, 0.05) is 16.7 Å². The van der Waals surface area contributed by atoms with Gasteiger partial charge in [-0.1, -0.05) is 23.7 Å². The number of carbonyl (C=O) groups is 1. The minimum atomic E-state index is -0.765. The van der Waals surface area contributed by atoms with Gasteiger partial charge >= 0.3 is 0 Å². The van der Waals surface area contributed by atoms with Crippen molar-refractivity contribution in [3.05, 3.63) is 70.4 Å². The van der Waals surface area contributed by atoms with E-state index in [2.05, 4.69) is 9.97 Å². The predicted octanol–water partition coefficient (Wildman–Crippen LogP) is 3.34. The molecule has 6 nitrogen and oxygen atoms in total. The van der Waals surface area contributed by atoms with Crippen LogP contribution in [0.1, 0.15) is 15.9 Å². The summed E-state index contributed by atoms with van der Waals surface area (Å²) in [6.45, 7) is -0.384. The number of hydrogen-bond acceptors (Lipinski definition) is 5. The highest BCUT2D eigenvalue weighted by atomic mass is 35.5. The molecule has 0 aliphatic rings. The number of carbonyl (C=O) groups excluding carboxylic acids is 1. The minimum absolute atomic E-state index is 0.0274. The first-order valence-corrected chi connectivity index (χ1v) is 8.02. The summed E-state index contributed by atoms with van der Waals surface area (Å²) >= 11 is 5.77. The Kier molecular flexibility index (Phi) is 5.18. The second-order valence-electron chi connectivity index (χ2n) is 5.50. The molecule has 9 heteroatoms. The van der Waals surface area contributed by atoms with Crippen molar-refractivity contribution in [1.82, 2.24) is 9.97 Å². The van der Waals surface area contributed by atoms with Gasteiger partial charge in [-0.25, -0.2) is 18.7 Å². The largest absolute Gasteiger partial charge is 0.470 e. The van der Waals surface area contributed by atoms with Gasteiger partial charge in [0.25, 0.3) is 5.88 Å². The molecule has 0 atom stereocenters. The molecule has 1 amide bonds. The summed E-state index contributed by atoms with van der Waals surface area (Å²) in [6.07, 6.45) is 1.41. The minimum Gasteiger partial charge on any atom is -0.470 e. The van der Waals surface area contributed by atoms with Crippen LogP contribution in [0.4, 0.5) is 14.6 Å². The Balaban J connectivity index is 1.86. The summed E-state index contributed by atoms with van der Waals surface area (Å²) in [4.78, 5) is 19.4. The van der Waals surface area contributed by atoms with E-state index in [-0.39, 0.29) is 28.9 Å². The number of halogens is 3. The second-order valence-corrected chi connectivity index (χ2v) is 5.88. The molecule has 138 valence electrons. The van der Waals surface area contributed by atoms with Crippen molar-refractivity contribution in [2.45, 2.75) is 6.61 Å². The number of nitrogens with two attached hydrogens (primary N) is 2. The van der Waals surface area contributed by atoms with E-state index >= 15 is 0 Å². The van der Waals surface area contributed by atoms with Crippen LogP contribution in [0.5, 0.6) is 5.88 Å². The first-order valence-electron chi connectivity index (χ1n) is 7.64. The molecule has 0 spiro atoms. The van der Waals surface area contributed by atoms with E-state index in [9.17, 15) is 13.6 Å². The molecule has 0 saturated heterocycles. The van der Waals surface area contributed by atoms with Gasteiger partial charge in [-0.2, -0.15) is 0 Å². The number of nitrogens with zero attached hydrogens (tertiary/aromatic N) is 2. The Labute approximate surface area is 157 Å². The standard InChI is InChI=1S/C18H13ClF2N4O2/c19-15-11(12(20)5-6-13(15)21)8-27-18-16(22)24-7-14(25-18)9-1-3-10(4-2-9)17(23)26/h1-7H,8H2,(H2,22,24)(H2,23,26). The molecule has 3 rings (SSSR count). The van der Waals surface area contributed by atoms with Crippen LogP contribution in [0.2, 0.25) is 5.02 Å². The van der Waals surface area contributed by atoms with Crippen molar-refractivity contribution in [2.75, 3.05) is 5.73 Å². The van der Waals surface area contributed by atoms with Gasteiger partial charge in [0.1, 0.15) is 18.2 Å². The highest BCUT2D eigenvalue weighted by Crippen LogP contribution is 2.27. The maximum atomic E-state index is 13.8. The number of ether oxygens (including phenoxy) is 1. The molecular weight excluding hydrogens is 378 g/mol. The lowest BCUT2D eigenvalue weighted by Crippen LogP contribution is -2.10. The van der Waals surface area contributed by atoms with Crippen molar-refractivity contribution in [1.29, 1.82) is 0 Å². The number of benzene rings is 2.